The van der Waals surface area contributed by atoms with E-state index in [1.54, 1.807) is 0 Å². The van der Waals surface area contributed by atoms with E-state index < -0.39 is 0 Å². The van der Waals surface area contributed by atoms with Crippen LogP contribution in [0.5, 0.6) is 17.2 Å². The standard InChI is InChI=1S/C43H58O3/c1-27-20-41(44)38(31-14-8-5-9-15-31)24-34(27)23-37(36-26-40(43(46)22-29(36)3)33-18-12-7-13-19-33)30(4)35-25-39(42(45)21-28(35)2)32-16-10-6-11-17-32/h20-22,24-26,30-33,37,44-46H,5-19,23H2,1-4H3. The molecular weight excluding hydrogens is 564 g/mol. The molecule has 3 aromatic carbocycles. The van der Waals surface area contributed by atoms with Crippen LogP contribution in [0.1, 0.15) is 183 Å². The highest BCUT2D eigenvalue weighted by atomic mass is 16.3. The van der Waals surface area contributed by atoms with Crippen molar-refractivity contribution < 1.29 is 15.3 Å². The van der Waals surface area contributed by atoms with Gasteiger partial charge in [0.1, 0.15) is 17.2 Å². The minimum absolute atomic E-state index is 0.188. The summed E-state index contributed by atoms with van der Waals surface area (Å²) in [6, 6.07) is 13.1. The Morgan fingerprint density at radius 2 is 0.870 bits per heavy atom. The summed E-state index contributed by atoms with van der Waals surface area (Å²) in [6.07, 6.45) is 19.2. The van der Waals surface area contributed by atoms with Crippen LogP contribution in [0.4, 0.5) is 0 Å². The van der Waals surface area contributed by atoms with Crippen LogP contribution in [-0.4, -0.2) is 15.3 Å². The molecule has 3 nitrogen and oxygen atoms in total. The topological polar surface area (TPSA) is 60.7 Å². The molecule has 6 rings (SSSR count). The predicted octanol–water partition coefficient (Wildman–Crippen LogP) is 12.0. The van der Waals surface area contributed by atoms with Gasteiger partial charge in [-0.15, -0.1) is 0 Å². The van der Waals surface area contributed by atoms with Gasteiger partial charge >= 0.3 is 0 Å². The van der Waals surface area contributed by atoms with E-state index in [1.807, 2.05) is 18.2 Å². The van der Waals surface area contributed by atoms with Crippen molar-refractivity contribution in [3.8, 4) is 17.2 Å². The van der Waals surface area contributed by atoms with Crippen molar-refractivity contribution in [2.24, 2.45) is 0 Å². The van der Waals surface area contributed by atoms with Gasteiger partial charge in [-0.3, -0.25) is 0 Å². The van der Waals surface area contributed by atoms with Gasteiger partial charge < -0.3 is 15.3 Å². The van der Waals surface area contributed by atoms with E-state index >= 15 is 0 Å². The molecule has 3 aliphatic carbocycles. The summed E-state index contributed by atoms with van der Waals surface area (Å²) >= 11 is 0. The Morgan fingerprint density at radius 3 is 1.33 bits per heavy atom. The second-order valence-corrected chi connectivity index (χ2v) is 15.5. The lowest BCUT2D eigenvalue weighted by Gasteiger charge is -2.32. The number of hydrogen-bond acceptors (Lipinski definition) is 3. The zero-order valence-corrected chi connectivity index (χ0v) is 29.0. The van der Waals surface area contributed by atoms with Crippen molar-refractivity contribution in [1.82, 2.24) is 0 Å². The first-order chi connectivity index (χ1) is 22.2. The zero-order valence-electron chi connectivity index (χ0n) is 29.0. The van der Waals surface area contributed by atoms with E-state index in [-0.39, 0.29) is 11.8 Å². The molecule has 0 aliphatic heterocycles. The minimum Gasteiger partial charge on any atom is -0.508 e. The van der Waals surface area contributed by atoms with E-state index in [2.05, 4.69) is 45.9 Å². The Kier molecular flexibility index (Phi) is 10.4. The van der Waals surface area contributed by atoms with E-state index in [0.29, 0.717) is 35.0 Å². The van der Waals surface area contributed by atoms with Crippen LogP contribution in [0.2, 0.25) is 0 Å². The first kappa shape index (κ1) is 33.0. The smallest absolute Gasteiger partial charge is 0.119 e. The highest BCUT2D eigenvalue weighted by molar-refractivity contribution is 5.51. The molecule has 0 saturated heterocycles. The number of aryl methyl sites for hydroxylation is 3. The van der Waals surface area contributed by atoms with Crippen LogP contribution in [0.3, 0.4) is 0 Å². The second-order valence-electron chi connectivity index (χ2n) is 15.5. The molecule has 3 aromatic rings. The van der Waals surface area contributed by atoms with Crippen molar-refractivity contribution in [2.75, 3.05) is 0 Å². The molecule has 0 bridgehead atoms. The lowest BCUT2D eigenvalue weighted by Crippen LogP contribution is -2.17. The number of phenols is 3. The molecule has 248 valence electrons. The molecule has 46 heavy (non-hydrogen) atoms. The number of hydrogen-bond donors (Lipinski definition) is 3. The molecule has 3 aliphatic rings. The molecule has 0 aromatic heterocycles. The Hall–Kier alpha value is -2.94. The van der Waals surface area contributed by atoms with E-state index in [1.165, 1.54) is 74.5 Å². The average molecular weight is 623 g/mol. The van der Waals surface area contributed by atoms with Gasteiger partial charge in [0, 0.05) is 0 Å². The van der Waals surface area contributed by atoms with Crippen LogP contribution < -0.4 is 0 Å². The van der Waals surface area contributed by atoms with Crippen molar-refractivity contribution in [1.29, 1.82) is 0 Å². The number of aromatic hydroxyl groups is 3. The number of phenolic OH excluding ortho intramolecular Hbond substituents is 3. The lowest BCUT2D eigenvalue weighted by atomic mass is 9.73. The van der Waals surface area contributed by atoms with E-state index in [4.69, 9.17) is 0 Å². The maximum atomic E-state index is 11.3. The molecule has 0 heterocycles. The molecule has 3 N–H and O–H groups in total. The van der Waals surface area contributed by atoms with Crippen LogP contribution >= 0.6 is 0 Å². The Bertz CT molecular complexity index is 1500. The summed E-state index contributed by atoms with van der Waals surface area (Å²) < 4.78 is 0. The van der Waals surface area contributed by atoms with Crippen molar-refractivity contribution >= 4 is 0 Å². The molecule has 2 unspecified atom stereocenters. The van der Waals surface area contributed by atoms with Crippen LogP contribution in [0.15, 0.2) is 36.4 Å². The van der Waals surface area contributed by atoms with Gasteiger partial charge in [-0.25, -0.2) is 0 Å². The summed E-state index contributed by atoms with van der Waals surface area (Å²) in [5, 5.41) is 33.5. The van der Waals surface area contributed by atoms with Gasteiger partial charge in [0.05, 0.1) is 0 Å². The van der Waals surface area contributed by atoms with Gasteiger partial charge in [0.25, 0.3) is 0 Å². The maximum Gasteiger partial charge on any atom is 0.119 e. The summed E-state index contributed by atoms with van der Waals surface area (Å²) in [6.45, 7) is 8.88. The predicted molar refractivity (Wildman–Crippen MR) is 191 cm³/mol. The molecule has 0 amide bonds. The molecule has 0 radical (unpaired) electrons. The highest BCUT2D eigenvalue weighted by Crippen LogP contribution is 2.47. The molecule has 3 heteroatoms. The van der Waals surface area contributed by atoms with E-state index in [9.17, 15) is 15.3 Å². The Morgan fingerprint density at radius 1 is 0.500 bits per heavy atom. The zero-order chi connectivity index (χ0) is 32.4. The molecule has 2 atom stereocenters. The molecule has 0 spiro atoms. The average Bonchev–Trinajstić information content (AvgIpc) is 3.06. The van der Waals surface area contributed by atoms with Gasteiger partial charge in [0.15, 0.2) is 0 Å². The molecule has 3 fully saturated rings. The first-order valence-electron chi connectivity index (χ1n) is 18.7. The summed E-state index contributed by atoms with van der Waals surface area (Å²) in [7, 11) is 0. The minimum atomic E-state index is 0.188. The number of rotatable bonds is 8. The third-order valence-corrected chi connectivity index (χ3v) is 12.4. The van der Waals surface area contributed by atoms with Gasteiger partial charge in [-0.05, 0) is 164 Å². The monoisotopic (exact) mass is 622 g/mol. The fourth-order valence-corrected chi connectivity index (χ4v) is 9.55. The van der Waals surface area contributed by atoms with Crippen LogP contribution in [0.25, 0.3) is 0 Å². The van der Waals surface area contributed by atoms with Crippen molar-refractivity contribution in [3.63, 3.8) is 0 Å². The summed E-state index contributed by atoms with van der Waals surface area (Å²) in [5.74, 6) is 3.07. The van der Waals surface area contributed by atoms with Crippen molar-refractivity contribution in [2.45, 2.75) is 160 Å². The number of benzene rings is 3. The quantitative estimate of drug-likeness (QED) is 0.234. The van der Waals surface area contributed by atoms with Gasteiger partial charge in [-0.2, -0.15) is 0 Å². The normalized spacial score (nSPS) is 20.1. The first-order valence-corrected chi connectivity index (χ1v) is 18.7. The van der Waals surface area contributed by atoms with Crippen LogP contribution in [0, 0.1) is 20.8 Å². The lowest BCUT2D eigenvalue weighted by molar-refractivity contribution is 0.411. The third kappa shape index (κ3) is 6.99. The highest BCUT2D eigenvalue weighted by Gasteiger charge is 2.30. The fraction of sp³-hybridized carbons (Fsp3) is 0.581. The van der Waals surface area contributed by atoms with Crippen LogP contribution in [-0.2, 0) is 6.42 Å². The fourth-order valence-electron chi connectivity index (χ4n) is 9.55. The largest absolute Gasteiger partial charge is 0.508 e. The molecule has 3 saturated carbocycles. The third-order valence-electron chi connectivity index (χ3n) is 12.4. The Labute approximate surface area is 278 Å². The van der Waals surface area contributed by atoms with Crippen molar-refractivity contribution in [3.05, 3.63) is 86.5 Å². The van der Waals surface area contributed by atoms with Gasteiger partial charge in [0.2, 0.25) is 0 Å². The van der Waals surface area contributed by atoms with E-state index in [0.717, 1.165) is 78.3 Å². The second kappa shape index (κ2) is 14.4. The molecular formula is C43H58O3. The van der Waals surface area contributed by atoms with Gasteiger partial charge in [-0.1, -0.05) is 82.9 Å². The SMILES string of the molecule is Cc1cc(O)c(C2CCCCC2)cc1CC(c1cc(C2CCCCC2)c(O)cc1C)C(C)c1cc(C2CCCCC2)c(O)cc1C. The summed E-state index contributed by atoms with van der Waals surface area (Å²) in [5.41, 5.74) is 10.9. The maximum absolute atomic E-state index is 11.3. The summed E-state index contributed by atoms with van der Waals surface area (Å²) in [4.78, 5) is 0. The Balaban J connectivity index is 1.45.